The van der Waals surface area contributed by atoms with Gasteiger partial charge in [0.2, 0.25) is 0 Å². The van der Waals surface area contributed by atoms with Crippen molar-refractivity contribution in [1.82, 2.24) is 0 Å². The molecule has 2 heterocycles. The summed E-state index contributed by atoms with van der Waals surface area (Å²) in [7, 11) is 1.57. The number of hydrogen-bond acceptors (Lipinski definition) is 6. The van der Waals surface area contributed by atoms with Crippen LogP contribution < -0.4 is 14.2 Å². The van der Waals surface area contributed by atoms with Crippen molar-refractivity contribution in [3.8, 4) is 23.0 Å². The van der Waals surface area contributed by atoms with Crippen molar-refractivity contribution in [2.75, 3.05) is 7.11 Å². The van der Waals surface area contributed by atoms with Gasteiger partial charge in [-0.25, -0.2) is 9.59 Å². The van der Waals surface area contributed by atoms with Crippen molar-refractivity contribution in [2.45, 2.75) is 12.5 Å². The predicted octanol–water partition coefficient (Wildman–Crippen LogP) is 4.74. The molecule has 2 aliphatic heterocycles. The van der Waals surface area contributed by atoms with Crippen LogP contribution in [0.5, 0.6) is 23.0 Å². The fourth-order valence-corrected chi connectivity index (χ4v) is 4.11. The molecule has 154 valence electrons. The summed E-state index contributed by atoms with van der Waals surface area (Å²) in [5, 5.41) is 0. The molecule has 6 heteroatoms. The summed E-state index contributed by atoms with van der Waals surface area (Å²) in [5.74, 6) is 0.942. The minimum absolute atomic E-state index is 0.320. The van der Waals surface area contributed by atoms with Gasteiger partial charge in [-0.05, 0) is 37.3 Å². The van der Waals surface area contributed by atoms with Crippen molar-refractivity contribution in [1.29, 1.82) is 0 Å². The van der Waals surface area contributed by atoms with Crippen LogP contribution in [0.2, 0.25) is 0 Å². The Labute approximate surface area is 178 Å². The molecule has 31 heavy (non-hydrogen) atoms. The Kier molecular flexibility index (Phi) is 4.29. The molecule has 0 amide bonds. The normalized spacial score (nSPS) is 18.1. The van der Waals surface area contributed by atoms with Gasteiger partial charge in [0.15, 0.2) is 5.60 Å². The van der Waals surface area contributed by atoms with E-state index in [0.717, 1.165) is 5.56 Å². The molecule has 0 saturated carbocycles. The molecule has 3 aromatic carbocycles. The molecule has 0 radical (unpaired) electrons. The number of carbonyl (C=O) groups is 2. The predicted molar refractivity (Wildman–Crippen MR) is 112 cm³/mol. The van der Waals surface area contributed by atoms with Gasteiger partial charge in [-0.1, -0.05) is 24.3 Å². The van der Waals surface area contributed by atoms with E-state index < -0.39 is 17.5 Å². The second kappa shape index (κ2) is 7.02. The van der Waals surface area contributed by atoms with Gasteiger partial charge in [-0.15, -0.1) is 0 Å². The number of benzene rings is 3. The molecule has 0 aromatic heterocycles. The highest BCUT2D eigenvalue weighted by Gasteiger charge is 2.53. The van der Waals surface area contributed by atoms with E-state index in [1.54, 1.807) is 62.6 Å². The van der Waals surface area contributed by atoms with E-state index in [1.165, 1.54) is 6.08 Å². The van der Waals surface area contributed by atoms with E-state index >= 15 is 0 Å². The van der Waals surface area contributed by atoms with E-state index in [0.29, 0.717) is 39.7 Å². The Morgan fingerprint density at radius 1 is 0.935 bits per heavy atom. The van der Waals surface area contributed by atoms with E-state index in [-0.39, 0.29) is 0 Å². The second-order valence-electron chi connectivity index (χ2n) is 7.16. The first kappa shape index (κ1) is 18.9. The molecule has 1 unspecified atom stereocenters. The van der Waals surface area contributed by atoms with Crippen LogP contribution in [-0.4, -0.2) is 19.0 Å². The van der Waals surface area contributed by atoms with Crippen molar-refractivity contribution in [3.63, 3.8) is 0 Å². The molecule has 0 aliphatic carbocycles. The topological polar surface area (TPSA) is 71.1 Å². The summed E-state index contributed by atoms with van der Waals surface area (Å²) in [6.07, 6.45) is 2.93. The number of carbonyl (C=O) groups excluding carboxylic acids is 2. The molecule has 0 N–H and O–H groups in total. The fourth-order valence-electron chi connectivity index (χ4n) is 4.11. The van der Waals surface area contributed by atoms with Gasteiger partial charge in [0.05, 0.1) is 12.7 Å². The van der Waals surface area contributed by atoms with Crippen LogP contribution in [0.3, 0.4) is 0 Å². The lowest BCUT2D eigenvalue weighted by Crippen LogP contribution is -2.33. The van der Waals surface area contributed by atoms with Gasteiger partial charge in [0, 0.05) is 34.9 Å². The summed E-state index contributed by atoms with van der Waals surface area (Å²) < 4.78 is 22.9. The number of methoxy groups -OCH3 is 1. The van der Waals surface area contributed by atoms with Gasteiger partial charge < -0.3 is 18.9 Å². The van der Waals surface area contributed by atoms with Crippen molar-refractivity contribution in [2.24, 2.45) is 0 Å². The van der Waals surface area contributed by atoms with E-state index in [2.05, 4.69) is 0 Å². The maximum Gasteiger partial charge on any atom is 0.340 e. The van der Waals surface area contributed by atoms with E-state index in [1.807, 2.05) is 18.2 Å². The van der Waals surface area contributed by atoms with Crippen molar-refractivity contribution >= 4 is 11.9 Å². The summed E-state index contributed by atoms with van der Waals surface area (Å²) in [6, 6.07) is 17.7. The number of fused-ring (bicyclic) bond motifs is 6. The zero-order valence-electron chi connectivity index (χ0n) is 16.9. The van der Waals surface area contributed by atoms with Crippen LogP contribution in [0.4, 0.5) is 0 Å². The van der Waals surface area contributed by atoms with Gasteiger partial charge in [-0.3, -0.25) is 0 Å². The van der Waals surface area contributed by atoms with Crippen LogP contribution in [-0.2, 0) is 15.1 Å². The highest BCUT2D eigenvalue weighted by atomic mass is 16.6. The lowest BCUT2D eigenvalue weighted by Gasteiger charge is -2.36. The van der Waals surface area contributed by atoms with Crippen LogP contribution in [0.15, 0.2) is 72.8 Å². The minimum Gasteiger partial charge on any atom is -0.497 e. The van der Waals surface area contributed by atoms with E-state index in [4.69, 9.17) is 18.9 Å². The smallest absolute Gasteiger partial charge is 0.340 e. The molecule has 2 aliphatic rings. The molecular formula is C25H18O6. The molecule has 0 fully saturated rings. The van der Waals surface area contributed by atoms with Crippen LogP contribution >= 0.6 is 0 Å². The third-order valence-electron chi connectivity index (χ3n) is 5.41. The summed E-state index contributed by atoms with van der Waals surface area (Å²) >= 11 is 0. The molecule has 5 rings (SSSR count). The molecule has 1 atom stereocenters. The zero-order valence-corrected chi connectivity index (χ0v) is 16.9. The number of rotatable bonds is 3. The number of hydrogen-bond donors (Lipinski definition) is 0. The maximum absolute atomic E-state index is 12.8. The van der Waals surface area contributed by atoms with Gasteiger partial charge in [-0.2, -0.15) is 0 Å². The van der Waals surface area contributed by atoms with Gasteiger partial charge in [0.25, 0.3) is 0 Å². The standard InChI is InChI=1S/C25H18O6/c1-3-6-23(26)29-16-10-12-20-22(14-16)30-21-13-15(28-2)9-11-19(21)25(20)18-8-5-4-7-17(18)24(27)31-25/h3-14H,1-2H3/b6-3-. The number of esters is 2. The van der Waals surface area contributed by atoms with Gasteiger partial charge >= 0.3 is 11.9 Å². The Balaban J connectivity index is 1.73. The molecule has 0 saturated heterocycles. The maximum atomic E-state index is 12.8. The first-order valence-corrected chi connectivity index (χ1v) is 9.75. The van der Waals surface area contributed by atoms with Gasteiger partial charge in [0.1, 0.15) is 23.0 Å². The largest absolute Gasteiger partial charge is 0.497 e. The Morgan fingerprint density at radius 3 is 2.32 bits per heavy atom. The quantitative estimate of drug-likeness (QED) is 0.350. The summed E-state index contributed by atoms with van der Waals surface area (Å²) in [5.41, 5.74) is 1.40. The SMILES string of the molecule is C/C=C\C(=O)Oc1ccc2c(c1)Oc1cc(OC)ccc1C21OC(=O)c2ccccc21. The molecule has 1 spiro atoms. The van der Waals surface area contributed by atoms with Crippen LogP contribution in [0, 0.1) is 0 Å². The number of allylic oxidation sites excluding steroid dienone is 1. The fraction of sp³-hybridized carbons (Fsp3) is 0.120. The molecule has 3 aromatic rings. The zero-order chi connectivity index (χ0) is 21.6. The average molecular weight is 414 g/mol. The molecule has 6 nitrogen and oxygen atoms in total. The van der Waals surface area contributed by atoms with Crippen LogP contribution in [0.25, 0.3) is 0 Å². The highest BCUT2D eigenvalue weighted by molar-refractivity contribution is 5.97. The minimum atomic E-state index is -1.17. The Hall–Kier alpha value is -4.06. The third-order valence-corrected chi connectivity index (χ3v) is 5.41. The average Bonchev–Trinajstić information content (AvgIpc) is 3.07. The highest BCUT2D eigenvalue weighted by Crippen LogP contribution is 2.56. The number of ether oxygens (including phenoxy) is 4. The molecule has 0 bridgehead atoms. The second-order valence-corrected chi connectivity index (χ2v) is 7.16. The van der Waals surface area contributed by atoms with Crippen molar-refractivity contribution in [3.05, 3.63) is 95.1 Å². The lowest BCUT2D eigenvalue weighted by molar-refractivity contribution is -0.129. The lowest BCUT2D eigenvalue weighted by atomic mass is 9.77. The Morgan fingerprint density at radius 2 is 1.61 bits per heavy atom. The summed E-state index contributed by atoms with van der Waals surface area (Å²) in [4.78, 5) is 24.7. The molecular weight excluding hydrogens is 396 g/mol. The monoisotopic (exact) mass is 414 g/mol. The van der Waals surface area contributed by atoms with Crippen LogP contribution in [0.1, 0.15) is 34.0 Å². The Bertz CT molecular complexity index is 1260. The third kappa shape index (κ3) is 2.79. The summed E-state index contributed by atoms with van der Waals surface area (Å²) in [6.45, 7) is 1.73. The van der Waals surface area contributed by atoms with E-state index in [9.17, 15) is 9.59 Å². The van der Waals surface area contributed by atoms with Crippen molar-refractivity contribution < 1.29 is 28.5 Å². The first-order chi connectivity index (χ1) is 15.1. The first-order valence-electron chi connectivity index (χ1n) is 9.75.